The molecule has 1 aromatic rings. The van der Waals surface area contributed by atoms with Gasteiger partial charge in [-0.25, -0.2) is 17.1 Å². The first-order chi connectivity index (χ1) is 9.68. The molecule has 5 nitrogen and oxygen atoms in total. The summed E-state index contributed by atoms with van der Waals surface area (Å²) in [4.78, 5) is 23.5. The molecule has 114 valence electrons. The SMILES string of the molecule is CC1(C)C(=O)N(CCCC(=O)c2ccc(F)cc2)S1(=O)=O. The summed E-state index contributed by atoms with van der Waals surface area (Å²) in [5.74, 6) is -1.08. The molecule has 0 bridgehead atoms. The lowest BCUT2D eigenvalue weighted by atomic mass is 10.1. The van der Waals surface area contributed by atoms with E-state index in [9.17, 15) is 22.4 Å². The highest BCUT2D eigenvalue weighted by Crippen LogP contribution is 2.34. The molecular formula is C14H16FNO4S. The minimum atomic E-state index is -3.59. The van der Waals surface area contributed by atoms with Crippen molar-refractivity contribution in [3.05, 3.63) is 35.6 Å². The summed E-state index contributed by atoms with van der Waals surface area (Å²) in [5, 5.41) is 0. The van der Waals surface area contributed by atoms with Crippen LogP contribution in [0.5, 0.6) is 0 Å². The van der Waals surface area contributed by atoms with Crippen LogP contribution < -0.4 is 0 Å². The van der Waals surface area contributed by atoms with Gasteiger partial charge in [-0.1, -0.05) is 0 Å². The third-order valence-electron chi connectivity index (χ3n) is 3.61. The van der Waals surface area contributed by atoms with Gasteiger partial charge in [0.05, 0.1) is 0 Å². The van der Waals surface area contributed by atoms with Crippen molar-refractivity contribution in [3.8, 4) is 0 Å². The lowest BCUT2D eigenvalue weighted by Gasteiger charge is -2.43. The Morgan fingerprint density at radius 2 is 1.81 bits per heavy atom. The number of benzene rings is 1. The Hall–Kier alpha value is -1.76. The van der Waals surface area contributed by atoms with Crippen molar-refractivity contribution in [1.82, 2.24) is 4.31 Å². The van der Waals surface area contributed by atoms with Gasteiger partial charge in [0.25, 0.3) is 15.9 Å². The van der Waals surface area contributed by atoms with Gasteiger partial charge in [-0.15, -0.1) is 0 Å². The Morgan fingerprint density at radius 3 is 2.33 bits per heavy atom. The number of ketones is 1. The summed E-state index contributed by atoms with van der Waals surface area (Å²) in [6.45, 7) is 2.73. The number of Topliss-reactive ketones (excluding diaryl/α,β-unsaturated/α-hetero) is 1. The number of hydrogen-bond acceptors (Lipinski definition) is 4. The molecule has 0 unspecified atom stereocenters. The molecule has 1 aliphatic rings. The van der Waals surface area contributed by atoms with E-state index >= 15 is 0 Å². The molecule has 1 aliphatic heterocycles. The van der Waals surface area contributed by atoms with Crippen molar-refractivity contribution >= 4 is 21.7 Å². The molecule has 1 amide bonds. The first-order valence-corrected chi connectivity index (χ1v) is 7.97. The van der Waals surface area contributed by atoms with Crippen LogP contribution in [0.25, 0.3) is 0 Å². The lowest BCUT2D eigenvalue weighted by molar-refractivity contribution is -0.132. The monoisotopic (exact) mass is 313 g/mol. The predicted molar refractivity (Wildman–Crippen MR) is 74.7 cm³/mol. The van der Waals surface area contributed by atoms with E-state index in [1.54, 1.807) is 0 Å². The number of nitrogens with zero attached hydrogens (tertiary/aromatic N) is 1. The van der Waals surface area contributed by atoms with E-state index in [-0.39, 0.29) is 25.2 Å². The first-order valence-electron chi connectivity index (χ1n) is 6.53. The lowest BCUT2D eigenvalue weighted by Crippen LogP contribution is -2.67. The molecule has 1 fully saturated rings. The summed E-state index contributed by atoms with van der Waals surface area (Å²) >= 11 is 0. The molecule has 0 saturated carbocycles. The number of carbonyl (C=O) groups excluding carboxylic acids is 2. The standard InChI is InChI=1S/C14H16FNO4S/c1-14(2)13(18)16(21(14,19)20)9-3-4-12(17)10-5-7-11(15)8-6-10/h5-8H,3-4,9H2,1-2H3. The summed E-state index contributed by atoms with van der Waals surface area (Å²) in [7, 11) is -3.59. The molecule has 0 radical (unpaired) electrons. The second-order valence-electron chi connectivity index (χ2n) is 5.43. The normalized spacial score (nSPS) is 19.2. The second kappa shape index (κ2) is 5.22. The third kappa shape index (κ3) is 2.57. The van der Waals surface area contributed by atoms with E-state index in [4.69, 9.17) is 0 Å². The van der Waals surface area contributed by atoms with Gasteiger partial charge in [-0.05, 0) is 44.5 Å². The molecule has 0 aliphatic carbocycles. The van der Waals surface area contributed by atoms with Crippen molar-refractivity contribution in [2.45, 2.75) is 31.4 Å². The Bertz CT molecular complexity index is 679. The zero-order valence-electron chi connectivity index (χ0n) is 11.8. The number of amides is 1. The van der Waals surface area contributed by atoms with Crippen LogP contribution in [-0.4, -0.2) is 35.7 Å². The second-order valence-corrected chi connectivity index (χ2v) is 7.84. The van der Waals surface area contributed by atoms with E-state index in [1.807, 2.05) is 0 Å². The van der Waals surface area contributed by atoms with Crippen LogP contribution >= 0.6 is 0 Å². The third-order valence-corrected chi connectivity index (χ3v) is 6.00. The minimum absolute atomic E-state index is 0.00245. The van der Waals surface area contributed by atoms with Gasteiger partial charge in [0.2, 0.25) is 0 Å². The van der Waals surface area contributed by atoms with Gasteiger partial charge >= 0.3 is 0 Å². The van der Waals surface area contributed by atoms with E-state index in [2.05, 4.69) is 0 Å². The Morgan fingerprint density at radius 1 is 1.24 bits per heavy atom. The molecule has 0 atom stereocenters. The number of halogens is 1. The van der Waals surface area contributed by atoms with Crippen molar-refractivity contribution in [3.63, 3.8) is 0 Å². The van der Waals surface area contributed by atoms with Gasteiger partial charge in [0, 0.05) is 18.5 Å². The quantitative estimate of drug-likeness (QED) is 0.776. The Kier molecular flexibility index (Phi) is 3.88. The van der Waals surface area contributed by atoms with Gasteiger partial charge in [-0.3, -0.25) is 9.59 Å². The molecule has 2 rings (SSSR count). The maximum absolute atomic E-state index is 12.7. The van der Waals surface area contributed by atoms with Gasteiger partial charge in [0.1, 0.15) is 5.82 Å². The minimum Gasteiger partial charge on any atom is -0.294 e. The maximum Gasteiger partial charge on any atom is 0.258 e. The molecule has 0 aromatic heterocycles. The van der Waals surface area contributed by atoms with Crippen LogP contribution in [0.2, 0.25) is 0 Å². The zero-order chi connectivity index (χ0) is 15.8. The summed E-state index contributed by atoms with van der Waals surface area (Å²) in [6.07, 6.45) is 0.350. The van der Waals surface area contributed by atoms with E-state index in [1.165, 1.54) is 38.1 Å². The highest BCUT2D eigenvalue weighted by molar-refractivity contribution is 7.94. The van der Waals surface area contributed by atoms with Crippen LogP contribution in [-0.2, 0) is 14.8 Å². The zero-order valence-corrected chi connectivity index (χ0v) is 12.6. The van der Waals surface area contributed by atoms with Crippen LogP contribution in [0.1, 0.15) is 37.0 Å². The molecular weight excluding hydrogens is 297 g/mol. The topological polar surface area (TPSA) is 71.5 Å². The van der Waals surface area contributed by atoms with Gasteiger partial charge < -0.3 is 0 Å². The average Bonchev–Trinajstić information content (AvgIpc) is 2.43. The average molecular weight is 313 g/mol. The molecule has 21 heavy (non-hydrogen) atoms. The number of carbonyl (C=O) groups is 2. The van der Waals surface area contributed by atoms with Crippen LogP contribution in [0, 0.1) is 5.82 Å². The van der Waals surface area contributed by atoms with E-state index in [0.29, 0.717) is 5.56 Å². The fourth-order valence-corrected chi connectivity index (χ4v) is 3.71. The number of sulfonamides is 1. The van der Waals surface area contributed by atoms with Crippen LogP contribution in [0.15, 0.2) is 24.3 Å². The molecule has 1 heterocycles. The maximum atomic E-state index is 12.7. The van der Waals surface area contributed by atoms with Crippen molar-refractivity contribution in [1.29, 1.82) is 0 Å². The number of hydrogen-bond donors (Lipinski definition) is 0. The highest BCUT2D eigenvalue weighted by atomic mass is 32.2. The van der Waals surface area contributed by atoms with Crippen molar-refractivity contribution in [2.75, 3.05) is 6.54 Å². The summed E-state index contributed by atoms with van der Waals surface area (Å²) < 4.78 is 35.9. The van der Waals surface area contributed by atoms with E-state index in [0.717, 1.165) is 4.31 Å². The molecule has 1 aromatic carbocycles. The van der Waals surface area contributed by atoms with Gasteiger partial charge in [-0.2, -0.15) is 0 Å². The summed E-state index contributed by atoms with van der Waals surface area (Å²) in [6, 6.07) is 5.15. The Balaban J connectivity index is 1.90. The number of rotatable bonds is 5. The fraction of sp³-hybridized carbons (Fsp3) is 0.429. The first kappa shape index (κ1) is 15.6. The molecule has 0 spiro atoms. The van der Waals surface area contributed by atoms with Crippen LogP contribution in [0.4, 0.5) is 4.39 Å². The van der Waals surface area contributed by atoms with Crippen molar-refractivity contribution in [2.24, 2.45) is 0 Å². The highest BCUT2D eigenvalue weighted by Gasteiger charge is 2.59. The van der Waals surface area contributed by atoms with Crippen LogP contribution in [0.3, 0.4) is 0 Å². The fourth-order valence-electron chi connectivity index (χ4n) is 2.14. The van der Waals surface area contributed by atoms with E-state index < -0.39 is 26.5 Å². The Labute approximate surface area is 122 Å². The molecule has 1 saturated heterocycles. The largest absolute Gasteiger partial charge is 0.294 e. The summed E-state index contributed by atoms with van der Waals surface area (Å²) in [5.41, 5.74) is 0.370. The van der Waals surface area contributed by atoms with Gasteiger partial charge in [0.15, 0.2) is 10.5 Å². The molecule has 0 N–H and O–H groups in total. The predicted octanol–water partition coefficient (Wildman–Crippen LogP) is 1.74. The molecule has 7 heteroatoms. The smallest absolute Gasteiger partial charge is 0.258 e. The van der Waals surface area contributed by atoms with Crippen molar-refractivity contribution < 1.29 is 22.4 Å².